The maximum absolute atomic E-state index is 8.59. The smallest absolute Gasteiger partial charge is 0.0697 e. The van der Waals surface area contributed by atoms with Gasteiger partial charge in [-0.1, -0.05) is 26.7 Å². The maximum Gasteiger partial charge on any atom is 0.0697 e. The van der Waals surface area contributed by atoms with Gasteiger partial charge in [0.05, 0.1) is 13.2 Å². The minimum atomic E-state index is 0.132. The molecule has 1 rings (SSSR count). The van der Waals surface area contributed by atoms with Crippen molar-refractivity contribution in [3.05, 3.63) is 0 Å². The molecule has 2 atom stereocenters. The first-order valence-corrected chi connectivity index (χ1v) is 7.66. The molecule has 0 aromatic carbocycles. The summed E-state index contributed by atoms with van der Waals surface area (Å²) in [4.78, 5) is 0. The lowest BCUT2D eigenvalue weighted by Gasteiger charge is -2.19. The molecule has 1 aliphatic rings. The van der Waals surface area contributed by atoms with Gasteiger partial charge in [0.1, 0.15) is 0 Å². The molecule has 108 valence electrons. The summed E-state index contributed by atoms with van der Waals surface area (Å²) in [5, 5.41) is 12.2. The highest BCUT2D eigenvalue weighted by Crippen LogP contribution is 2.28. The van der Waals surface area contributed by atoms with Crippen LogP contribution in [0, 0.1) is 11.8 Å². The molecule has 1 saturated carbocycles. The van der Waals surface area contributed by atoms with Crippen LogP contribution in [0.5, 0.6) is 0 Å². The largest absolute Gasteiger partial charge is 0.394 e. The van der Waals surface area contributed by atoms with E-state index in [1.165, 1.54) is 32.1 Å². The highest BCUT2D eigenvalue weighted by atomic mass is 16.5. The number of aliphatic hydroxyl groups excluding tert-OH is 1. The van der Waals surface area contributed by atoms with Crippen LogP contribution in [0.4, 0.5) is 0 Å². The van der Waals surface area contributed by atoms with E-state index >= 15 is 0 Å². The van der Waals surface area contributed by atoms with E-state index in [0.717, 1.165) is 31.4 Å². The number of rotatable bonds is 8. The number of hydrogen-bond donors (Lipinski definition) is 2. The Morgan fingerprint density at radius 1 is 1.17 bits per heavy atom. The lowest BCUT2D eigenvalue weighted by atomic mass is 9.89. The zero-order valence-electron chi connectivity index (χ0n) is 12.2. The van der Waals surface area contributed by atoms with Gasteiger partial charge in [-0.2, -0.15) is 0 Å². The molecule has 0 aromatic rings. The van der Waals surface area contributed by atoms with E-state index in [2.05, 4.69) is 19.2 Å². The summed E-state index contributed by atoms with van der Waals surface area (Å²) in [6.45, 7) is 7.12. The van der Waals surface area contributed by atoms with Crippen LogP contribution in [-0.4, -0.2) is 37.5 Å². The first-order valence-electron chi connectivity index (χ1n) is 7.66. The molecule has 0 amide bonds. The summed E-state index contributed by atoms with van der Waals surface area (Å²) < 4.78 is 5.26. The molecule has 3 heteroatoms. The van der Waals surface area contributed by atoms with Gasteiger partial charge < -0.3 is 15.2 Å². The molecule has 2 unspecified atom stereocenters. The van der Waals surface area contributed by atoms with E-state index in [9.17, 15) is 0 Å². The topological polar surface area (TPSA) is 41.5 Å². The molecular weight excluding hydrogens is 226 g/mol. The van der Waals surface area contributed by atoms with Crippen LogP contribution in [0.25, 0.3) is 0 Å². The van der Waals surface area contributed by atoms with Crippen molar-refractivity contribution in [1.82, 2.24) is 5.32 Å². The predicted molar refractivity (Wildman–Crippen MR) is 75.7 cm³/mol. The maximum atomic E-state index is 8.59. The van der Waals surface area contributed by atoms with Crippen molar-refractivity contribution in [2.75, 3.05) is 26.4 Å². The Labute approximate surface area is 112 Å². The summed E-state index contributed by atoms with van der Waals surface area (Å²) in [6.07, 6.45) is 7.89. The van der Waals surface area contributed by atoms with E-state index in [1.54, 1.807) is 0 Å². The van der Waals surface area contributed by atoms with Crippen LogP contribution in [0.15, 0.2) is 0 Å². The van der Waals surface area contributed by atoms with Crippen molar-refractivity contribution in [3.63, 3.8) is 0 Å². The zero-order chi connectivity index (χ0) is 13.2. The first-order chi connectivity index (χ1) is 8.74. The SMILES string of the molecule is CC(C)C1CCCC(NCCCOCCO)CC1. The Morgan fingerprint density at radius 3 is 2.72 bits per heavy atom. The summed E-state index contributed by atoms with van der Waals surface area (Å²) in [5.41, 5.74) is 0. The Balaban J connectivity index is 2.05. The van der Waals surface area contributed by atoms with Crippen molar-refractivity contribution in [2.45, 2.75) is 58.4 Å². The summed E-state index contributed by atoms with van der Waals surface area (Å²) in [6, 6.07) is 0.714. The van der Waals surface area contributed by atoms with Crippen molar-refractivity contribution < 1.29 is 9.84 Å². The van der Waals surface area contributed by atoms with Gasteiger partial charge in [0.2, 0.25) is 0 Å². The van der Waals surface area contributed by atoms with E-state index in [0.29, 0.717) is 12.6 Å². The third kappa shape index (κ3) is 6.72. The second kappa shape index (κ2) is 9.76. The molecule has 3 nitrogen and oxygen atoms in total. The molecular formula is C15H31NO2. The molecule has 18 heavy (non-hydrogen) atoms. The van der Waals surface area contributed by atoms with Gasteiger partial charge in [-0.05, 0) is 44.1 Å². The minimum Gasteiger partial charge on any atom is -0.394 e. The lowest BCUT2D eigenvalue weighted by molar-refractivity contribution is 0.0903. The van der Waals surface area contributed by atoms with Gasteiger partial charge in [0, 0.05) is 12.6 Å². The monoisotopic (exact) mass is 257 g/mol. The molecule has 0 aliphatic heterocycles. The van der Waals surface area contributed by atoms with E-state index in [1.807, 2.05) is 0 Å². The quantitative estimate of drug-likeness (QED) is 0.519. The molecule has 0 bridgehead atoms. The van der Waals surface area contributed by atoms with Crippen LogP contribution in [0.1, 0.15) is 52.4 Å². The van der Waals surface area contributed by atoms with Crippen LogP contribution in [-0.2, 0) is 4.74 Å². The average molecular weight is 257 g/mol. The molecule has 0 spiro atoms. The van der Waals surface area contributed by atoms with Gasteiger partial charge in [-0.25, -0.2) is 0 Å². The van der Waals surface area contributed by atoms with Gasteiger partial charge in [-0.15, -0.1) is 0 Å². The van der Waals surface area contributed by atoms with Gasteiger partial charge >= 0.3 is 0 Å². The fourth-order valence-electron chi connectivity index (χ4n) is 2.85. The van der Waals surface area contributed by atoms with Crippen molar-refractivity contribution in [2.24, 2.45) is 11.8 Å². The van der Waals surface area contributed by atoms with Crippen LogP contribution < -0.4 is 5.32 Å². The molecule has 0 radical (unpaired) electrons. The van der Waals surface area contributed by atoms with Crippen LogP contribution in [0.3, 0.4) is 0 Å². The number of hydrogen-bond acceptors (Lipinski definition) is 3. The first kappa shape index (κ1) is 15.9. The van der Waals surface area contributed by atoms with Gasteiger partial charge in [0.15, 0.2) is 0 Å². The minimum absolute atomic E-state index is 0.132. The zero-order valence-corrected chi connectivity index (χ0v) is 12.2. The highest BCUT2D eigenvalue weighted by Gasteiger charge is 2.20. The third-order valence-corrected chi connectivity index (χ3v) is 4.09. The summed E-state index contributed by atoms with van der Waals surface area (Å²) in [7, 11) is 0. The highest BCUT2D eigenvalue weighted by molar-refractivity contribution is 4.76. The molecule has 0 saturated heterocycles. The van der Waals surface area contributed by atoms with Crippen molar-refractivity contribution >= 4 is 0 Å². The van der Waals surface area contributed by atoms with Crippen LogP contribution >= 0.6 is 0 Å². The Bertz CT molecular complexity index is 197. The standard InChI is InChI=1S/C15H31NO2/c1-13(2)14-5-3-6-15(8-7-14)16-9-4-11-18-12-10-17/h13-17H,3-12H2,1-2H3. The van der Waals surface area contributed by atoms with E-state index in [4.69, 9.17) is 9.84 Å². The van der Waals surface area contributed by atoms with Gasteiger partial charge in [0.25, 0.3) is 0 Å². The van der Waals surface area contributed by atoms with Crippen molar-refractivity contribution in [3.8, 4) is 0 Å². The van der Waals surface area contributed by atoms with Crippen LogP contribution in [0.2, 0.25) is 0 Å². The molecule has 1 aliphatic carbocycles. The molecule has 0 heterocycles. The van der Waals surface area contributed by atoms with Crippen molar-refractivity contribution in [1.29, 1.82) is 0 Å². The molecule has 0 aromatic heterocycles. The second-order valence-corrected chi connectivity index (χ2v) is 5.85. The molecule has 1 fully saturated rings. The second-order valence-electron chi connectivity index (χ2n) is 5.85. The predicted octanol–water partition coefficient (Wildman–Crippen LogP) is 2.58. The summed E-state index contributed by atoms with van der Waals surface area (Å²) >= 11 is 0. The number of ether oxygens (including phenoxy) is 1. The number of nitrogens with one attached hydrogen (secondary N) is 1. The summed E-state index contributed by atoms with van der Waals surface area (Å²) in [5.74, 6) is 1.78. The molecule has 2 N–H and O–H groups in total. The Hall–Kier alpha value is -0.120. The lowest BCUT2D eigenvalue weighted by Crippen LogP contribution is -2.30. The third-order valence-electron chi connectivity index (χ3n) is 4.09. The average Bonchev–Trinajstić information content (AvgIpc) is 2.59. The van der Waals surface area contributed by atoms with Gasteiger partial charge in [-0.3, -0.25) is 0 Å². The fourth-order valence-corrected chi connectivity index (χ4v) is 2.85. The Morgan fingerprint density at radius 2 is 2.00 bits per heavy atom. The van der Waals surface area contributed by atoms with E-state index in [-0.39, 0.29) is 6.61 Å². The number of aliphatic hydroxyl groups is 1. The fraction of sp³-hybridized carbons (Fsp3) is 1.00. The normalized spacial score (nSPS) is 25.3. The Kier molecular flexibility index (Phi) is 8.64. The van der Waals surface area contributed by atoms with E-state index < -0.39 is 0 Å².